The molecule has 0 aliphatic carbocycles. The van der Waals surface area contributed by atoms with Gasteiger partial charge in [0, 0.05) is 73.8 Å². The monoisotopic (exact) mass is 791 g/mol. The Morgan fingerprint density at radius 1 is 0.947 bits per heavy atom. The Labute approximate surface area is 335 Å². The largest absolute Gasteiger partial charge is 0.480 e. The van der Waals surface area contributed by atoms with Crippen molar-refractivity contribution in [2.45, 2.75) is 104 Å². The van der Waals surface area contributed by atoms with Crippen LogP contribution in [0.15, 0.2) is 54.3 Å². The molecule has 0 spiro atoms. The molecule has 1 aliphatic rings. The number of aryl methyl sites for hydroxylation is 1. The molecule has 1 aromatic heterocycles. The van der Waals surface area contributed by atoms with Gasteiger partial charge in [-0.25, -0.2) is 4.79 Å². The van der Waals surface area contributed by atoms with Crippen LogP contribution in [-0.2, 0) is 46.0 Å². The standard InChI is InChI=1S/C42H61N7O8/c1-25(2)31(23-26(3)37(53)45-29(40(56)57)17-18-32(50)44-21-14-22-49-33(51)19-20-34(49)52)48(11)39(55)36(41(4,5)6)46-38(54)35(43-9)42(7,8)28-24-47(10)30-16-13-12-15-27(28)30/h12-13,15-16,19-20,23-25,29,31,35-36,43H,14,17-18,21-22H2,1-11H3,(H,44,50)(H,45,53)(H,46,54)(H,56,57)/b26-23+/t29-,31-,35-,36-/m1/s1. The molecule has 4 atom stereocenters. The van der Waals surface area contributed by atoms with Gasteiger partial charge in [-0.2, -0.15) is 0 Å². The van der Waals surface area contributed by atoms with Crippen LogP contribution in [0.5, 0.6) is 0 Å². The highest BCUT2D eigenvalue weighted by atomic mass is 16.4. The highest BCUT2D eigenvalue weighted by Crippen LogP contribution is 2.35. The van der Waals surface area contributed by atoms with Crippen LogP contribution in [0.1, 0.15) is 80.2 Å². The minimum atomic E-state index is -1.37. The fourth-order valence-corrected chi connectivity index (χ4v) is 7.15. The van der Waals surface area contributed by atoms with Crippen molar-refractivity contribution in [1.29, 1.82) is 0 Å². The van der Waals surface area contributed by atoms with Gasteiger partial charge in [0.25, 0.3) is 11.8 Å². The zero-order chi connectivity index (χ0) is 43.0. The Hall–Kier alpha value is -5.31. The summed E-state index contributed by atoms with van der Waals surface area (Å²) in [5.74, 6) is -4.14. The molecule has 6 amide bonds. The van der Waals surface area contributed by atoms with E-state index in [2.05, 4.69) is 21.3 Å². The molecule has 0 unspecified atom stereocenters. The molecule has 15 nitrogen and oxygen atoms in total. The van der Waals surface area contributed by atoms with E-state index < -0.39 is 64.6 Å². The lowest BCUT2D eigenvalue weighted by Gasteiger charge is -2.39. The number of carbonyl (C=O) groups excluding carboxylic acids is 6. The maximum Gasteiger partial charge on any atom is 0.326 e. The molecule has 0 fully saturated rings. The maximum absolute atomic E-state index is 14.3. The van der Waals surface area contributed by atoms with E-state index in [1.807, 2.05) is 90.5 Å². The SMILES string of the molecule is CN[C@H](C(=O)N[C@H](C(=O)N(C)[C@H](/C=C(\C)C(=O)N[C@H](CCC(=O)NCCCN1C(=O)C=CC1=O)C(=O)O)C(C)C)C(C)(C)C)C(C)(C)c1cn(C)c2ccccc12. The third-order valence-corrected chi connectivity index (χ3v) is 10.6. The van der Waals surface area contributed by atoms with Gasteiger partial charge in [0.05, 0.1) is 12.1 Å². The van der Waals surface area contributed by atoms with Gasteiger partial charge in [0.15, 0.2) is 0 Å². The van der Waals surface area contributed by atoms with Crippen molar-refractivity contribution in [3.8, 4) is 0 Å². The van der Waals surface area contributed by atoms with E-state index in [9.17, 15) is 38.7 Å². The van der Waals surface area contributed by atoms with Gasteiger partial charge in [-0.15, -0.1) is 0 Å². The number of nitrogens with one attached hydrogen (secondary N) is 4. The first-order chi connectivity index (χ1) is 26.5. The van der Waals surface area contributed by atoms with Gasteiger partial charge in [-0.1, -0.05) is 72.7 Å². The number of benzene rings is 1. The molecule has 2 heterocycles. The first-order valence-corrected chi connectivity index (χ1v) is 19.3. The minimum Gasteiger partial charge on any atom is -0.480 e. The van der Waals surface area contributed by atoms with Crippen molar-refractivity contribution in [2.24, 2.45) is 18.4 Å². The average Bonchev–Trinajstić information content (AvgIpc) is 3.65. The Bertz CT molecular complexity index is 1890. The van der Waals surface area contributed by atoms with E-state index in [1.54, 1.807) is 20.2 Å². The normalized spacial score (nSPS) is 15.7. The van der Waals surface area contributed by atoms with Crippen LogP contribution >= 0.6 is 0 Å². The minimum absolute atomic E-state index is 0.135. The zero-order valence-corrected chi connectivity index (χ0v) is 35.2. The molecule has 57 heavy (non-hydrogen) atoms. The number of nitrogens with zero attached hydrogens (tertiary/aromatic N) is 3. The van der Waals surface area contributed by atoms with Crippen molar-refractivity contribution in [3.05, 3.63) is 59.8 Å². The molecule has 312 valence electrons. The quantitative estimate of drug-likeness (QED) is 0.0807. The first-order valence-electron chi connectivity index (χ1n) is 19.3. The third kappa shape index (κ3) is 11.4. The average molecular weight is 792 g/mol. The van der Waals surface area contributed by atoms with Gasteiger partial charge in [0.1, 0.15) is 12.1 Å². The number of fused-ring (bicyclic) bond motifs is 1. The Morgan fingerprint density at radius 3 is 2.12 bits per heavy atom. The van der Waals surface area contributed by atoms with Gasteiger partial charge in [-0.3, -0.25) is 33.7 Å². The fraction of sp³-hybridized carbons (Fsp3) is 0.548. The predicted octanol–water partition coefficient (Wildman–Crippen LogP) is 2.79. The number of hydrogen-bond donors (Lipinski definition) is 5. The fourth-order valence-electron chi connectivity index (χ4n) is 7.15. The molecular weight excluding hydrogens is 731 g/mol. The molecule has 0 radical (unpaired) electrons. The second-order valence-electron chi connectivity index (χ2n) is 16.7. The number of aromatic nitrogens is 1. The Kier molecular flexibility index (Phi) is 15.5. The lowest BCUT2D eigenvalue weighted by Crippen LogP contribution is -2.61. The lowest BCUT2D eigenvalue weighted by molar-refractivity contribution is -0.141. The number of aliphatic carboxylic acids is 1. The van der Waals surface area contributed by atoms with Crippen LogP contribution in [0.2, 0.25) is 0 Å². The number of likely N-dealkylation sites (N-methyl/N-ethyl adjacent to an activating group) is 2. The smallest absolute Gasteiger partial charge is 0.326 e. The Balaban J connectivity index is 1.69. The number of imide groups is 1. The van der Waals surface area contributed by atoms with E-state index in [4.69, 9.17) is 0 Å². The second kappa shape index (κ2) is 19.2. The number of carboxylic acids is 1. The van der Waals surface area contributed by atoms with Crippen molar-refractivity contribution in [2.75, 3.05) is 27.2 Å². The van der Waals surface area contributed by atoms with Gasteiger partial charge >= 0.3 is 5.97 Å². The topological polar surface area (TPSA) is 199 Å². The molecule has 5 N–H and O–H groups in total. The highest BCUT2D eigenvalue weighted by molar-refractivity contribution is 6.12. The number of carbonyl (C=O) groups is 7. The molecular formula is C42H61N7O8. The van der Waals surface area contributed by atoms with Gasteiger partial charge in [-0.05, 0) is 49.8 Å². The second-order valence-corrected chi connectivity index (χ2v) is 16.7. The summed E-state index contributed by atoms with van der Waals surface area (Å²) in [6.07, 6.45) is 5.95. The molecule has 3 rings (SSSR count). The van der Waals surface area contributed by atoms with E-state index in [0.717, 1.165) is 21.4 Å². The van der Waals surface area contributed by atoms with Crippen LogP contribution in [0, 0.1) is 11.3 Å². The first kappa shape index (κ1) is 46.1. The van der Waals surface area contributed by atoms with Crippen LogP contribution < -0.4 is 21.3 Å². The van der Waals surface area contributed by atoms with Crippen molar-refractivity contribution < 1.29 is 38.7 Å². The summed E-state index contributed by atoms with van der Waals surface area (Å²) in [7, 11) is 5.30. The molecule has 2 aromatic rings. The van der Waals surface area contributed by atoms with Crippen molar-refractivity contribution in [1.82, 2.24) is 35.6 Å². The predicted molar refractivity (Wildman–Crippen MR) is 218 cm³/mol. The van der Waals surface area contributed by atoms with E-state index in [-0.39, 0.29) is 49.2 Å². The summed E-state index contributed by atoms with van der Waals surface area (Å²) in [6, 6.07) is 4.38. The number of amides is 6. The lowest BCUT2D eigenvalue weighted by atomic mass is 9.76. The molecule has 0 saturated heterocycles. The number of hydrogen-bond acceptors (Lipinski definition) is 8. The van der Waals surface area contributed by atoms with Crippen LogP contribution in [0.3, 0.4) is 0 Å². The Morgan fingerprint density at radius 2 is 1.56 bits per heavy atom. The molecule has 0 saturated carbocycles. The van der Waals surface area contributed by atoms with Crippen molar-refractivity contribution >= 4 is 52.3 Å². The molecule has 1 aliphatic heterocycles. The summed E-state index contributed by atoms with van der Waals surface area (Å²) in [5, 5.41) is 22.2. The summed E-state index contributed by atoms with van der Waals surface area (Å²) in [4.78, 5) is 92.2. The number of rotatable bonds is 19. The van der Waals surface area contributed by atoms with Gasteiger partial charge in [0.2, 0.25) is 23.6 Å². The van der Waals surface area contributed by atoms with E-state index in [0.29, 0.717) is 6.42 Å². The van der Waals surface area contributed by atoms with E-state index >= 15 is 0 Å². The summed E-state index contributed by atoms with van der Waals surface area (Å²) in [6.45, 7) is 15.2. The summed E-state index contributed by atoms with van der Waals surface area (Å²) < 4.78 is 2.03. The number of carboxylic acid groups (broad SMARTS) is 1. The highest BCUT2D eigenvalue weighted by Gasteiger charge is 2.42. The van der Waals surface area contributed by atoms with Crippen LogP contribution in [0.4, 0.5) is 0 Å². The molecule has 15 heteroatoms. The van der Waals surface area contributed by atoms with Crippen LogP contribution in [-0.4, -0.2) is 112 Å². The zero-order valence-electron chi connectivity index (χ0n) is 35.2. The summed E-state index contributed by atoms with van der Waals surface area (Å²) in [5.41, 5.74) is 0.813. The van der Waals surface area contributed by atoms with Gasteiger partial charge < -0.3 is 35.8 Å². The molecule has 0 bridgehead atoms. The third-order valence-electron chi connectivity index (χ3n) is 10.6. The molecule has 1 aromatic carbocycles. The maximum atomic E-state index is 14.3. The summed E-state index contributed by atoms with van der Waals surface area (Å²) >= 11 is 0. The number of para-hydroxylation sites is 1. The van der Waals surface area contributed by atoms with Crippen molar-refractivity contribution in [3.63, 3.8) is 0 Å². The van der Waals surface area contributed by atoms with Crippen LogP contribution in [0.25, 0.3) is 10.9 Å². The van der Waals surface area contributed by atoms with E-state index in [1.165, 1.54) is 24.0 Å².